The quantitative estimate of drug-likeness (QED) is 0.870. The molecule has 0 saturated carbocycles. The van der Waals surface area contributed by atoms with Gasteiger partial charge in [0.1, 0.15) is 6.17 Å². The van der Waals surface area contributed by atoms with Crippen molar-refractivity contribution in [2.24, 2.45) is 5.92 Å². The van der Waals surface area contributed by atoms with E-state index in [0.717, 1.165) is 44.3 Å². The number of nitrogens with zero attached hydrogens (tertiary/aromatic N) is 3. The van der Waals surface area contributed by atoms with E-state index >= 15 is 0 Å². The lowest BCUT2D eigenvalue weighted by atomic mass is 9.93. The van der Waals surface area contributed by atoms with Gasteiger partial charge in [0.15, 0.2) is 5.82 Å². The molecular weight excluding hydrogens is 295 g/mol. The Balaban J connectivity index is 1.49. The fourth-order valence-corrected chi connectivity index (χ4v) is 3.68. The molecule has 6 heteroatoms. The summed E-state index contributed by atoms with van der Waals surface area (Å²) in [5, 5.41) is 11.6. The second kappa shape index (κ2) is 8.02. The normalized spacial score (nSPS) is 27.3. The largest absolute Gasteiger partial charge is 0.381 e. The van der Waals surface area contributed by atoms with Gasteiger partial charge in [-0.2, -0.15) is 5.10 Å². The highest BCUT2D eigenvalue weighted by molar-refractivity contribution is 5.40. The van der Waals surface area contributed by atoms with E-state index in [0.29, 0.717) is 19.0 Å². The van der Waals surface area contributed by atoms with Crippen molar-refractivity contribution in [1.29, 1.82) is 0 Å². The Morgan fingerprint density at radius 2 is 2.26 bits per heavy atom. The van der Waals surface area contributed by atoms with Gasteiger partial charge in [-0.25, -0.2) is 4.39 Å². The maximum Gasteiger partial charge on any atom is 0.151 e. The van der Waals surface area contributed by atoms with Gasteiger partial charge in [-0.3, -0.25) is 0 Å². The maximum atomic E-state index is 13.9. The molecule has 128 valence electrons. The summed E-state index contributed by atoms with van der Waals surface area (Å²) in [6.07, 6.45) is 4.92. The van der Waals surface area contributed by atoms with Crippen LogP contribution in [0.2, 0.25) is 0 Å². The molecule has 1 N–H and O–H groups in total. The summed E-state index contributed by atoms with van der Waals surface area (Å²) in [6.45, 7) is 5.22. The molecule has 1 aromatic heterocycles. The first kappa shape index (κ1) is 16.6. The van der Waals surface area contributed by atoms with Gasteiger partial charge in [0.25, 0.3) is 0 Å². The van der Waals surface area contributed by atoms with Gasteiger partial charge in [0.05, 0.1) is 6.54 Å². The fraction of sp³-hybridized carbons (Fsp3) is 0.765. The van der Waals surface area contributed by atoms with Crippen LogP contribution in [0.5, 0.6) is 0 Å². The van der Waals surface area contributed by atoms with Gasteiger partial charge in [0, 0.05) is 44.5 Å². The van der Waals surface area contributed by atoms with Crippen LogP contribution in [0.4, 0.5) is 10.2 Å². The molecule has 0 bridgehead atoms. The number of rotatable bonds is 6. The Bertz CT molecular complexity index is 469. The summed E-state index contributed by atoms with van der Waals surface area (Å²) in [5.41, 5.74) is 0. The van der Waals surface area contributed by atoms with E-state index in [1.165, 1.54) is 6.42 Å². The van der Waals surface area contributed by atoms with Gasteiger partial charge in [-0.1, -0.05) is 0 Å². The minimum atomic E-state index is -0.783. The monoisotopic (exact) mass is 322 g/mol. The third-order valence-electron chi connectivity index (χ3n) is 4.95. The molecule has 2 aliphatic heterocycles. The standard InChI is InChI=1S/C17H27FN4O/c1-13(9-14-4-7-23-8-5-14)19-11-16-10-15(18)12-22(16)17-3-2-6-20-21-17/h2-3,6,13-16,19H,4-5,7-12H2,1H3/t13-,15+,16+/m1/s1. The number of hydrogen-bond acceptors (Lipinski definition) is 5. The zero-order chi connectivity index (χ0) is 16.1. The van der Waals surface area contributed by atoms with Crippen LogP contribution in [0.25, 0.3) is 0 Å². The first-order valence-electron chi connectivity index (χ1n) is 8.72. The van der Waals surface area contributed by atoms with Crippen molar-refractivity contribution in [3.8, 4) is 0 Å². The van der Waals surface area contributed by atoms with Gasteiger partial charge in [0.2, 0.25) is 0 Å². The van der Waals surface area contributed by atoms with Crippen LogP contribution < -0.4 is 10.2 Å². The summed E-state index contributed by atoms with van der Waals surface area (Å²) in [7, 11) is 0. The number of aromatic nitrogens is 2. The predicted octanol–water partition coefficient (Wildman–Crippen LogP) is 2.19. The molecule has 3 rings (SSSR count). The average Bonchev–Trinajstić information content (AvgIpc) is 2.96. The fourth-order valence-electron chi connectivity index (χ4n) is 3.68. The van der Waals surface area contributed by atoms with Crippen molar-refractivity contribution in [3.63, 3.8) is 0 Å². The molecule has 3 heterocycles. The van der Waals surface area contributed by atoms with Crippen LogP contribution in [0.3, 0.4) is 0 Å². The average molecular weight is 322 g/mol. The van der Waals surface area contributed by atoms with Crippen molar-refractivity contribution in [1.82, 2.24) is 15.5 Å². The molecule has 0 amide bonds. The number of anilines is 1. The zero-order valence-corrected chi connectivity index (χ0v) is 13.8. The minimum absolute atomic E-state index is 0.152. The van der Waals surface area contributed by atoms with Gasteiger partial charge in [-0.15, -0.1) is 5.10 Å². The number of alkyl halides is 1. The Kier molecular flexibility index (Phi) is 5.78. The van der Waals surface area contributed by atoms with E-state index in [2.05, 4.69) is 22.4 Å². The zero-order valence-electron chi connectivity index (χ0n) is 13.8. The van der Waals surface area contributed by atoms with E-state index < -0.39 is 6.17 Å². The van der Waals surface area contributed by atoms with Crippen molar-refractivity contribution in [3.05, 3.63) is 18.3 Å². The Labute approximate surface area is 137 Å². The van der Waals surface area contributed by atoms with Crippen molar-refractivity contribution in [2.75, 3.05) is 31.2 Å². The van der Waals surface area contributed by atoms with Crippen LogP contribution in [-0.4, -0.2) is 54.8 Å². The number of halogens is 1. The van der Waals surface area contributed by atoms with E-state index in [4.69, 9.17) is 4.74 Å². The summed E-state index contributed by atoms with van der Waals surface area (Å²) in [6, 6.07) is 4.36. The summed E-state index contributed by atoms with van der Waals surface area (Å²) in [4.78, 5) is 2.05. The molecule has 1 aromatic rings. The Hall–Kier alpha value is -1.27. The molecule has 23 heavy (non-hydrogen) atoms. The van der Waals surface area contributed by atoms with Crippen LogP contribution >= 0.6 is 0 Å². The highest BCUT2D eigenvalue weighted by Gasteiger charge is 2.33. The molecule has 0 unspecified atom stereocenters. The second-order valence-electron chi connectivity index (χ2n) is 6.82. The van der Waals surface area contributed by atoms with Gasteiger partial charge in [-0.05, 0) is 44.2 Å². The first-order valence-corrected chi connectivity index (χ1v) is 8.72. The molecule has 0 spiro atoms. The van der Waals surface area contributed by atoms with Crippen molar-refractivity contribution >= 4 is 5.82 Å². The van der Waals surface area contributed by atoms with Gasteiger partial charge >= 0.3 is 0 Å². The van der Waals surface area contributed by atoms with Crippen LogP contribution in [0.15, 0.2) is 18.3 Å². The molecule has 2 aliphatic rings. The predicted molar refractivity (Wildman–Crippen MR) is 88.3 cm³/mol. The van der Waals surface area contributed by atoms with Crippen LogP contribution in [0.1, 0.15) is 32.6 Å². The number of nitrogens with one attached hydrogen (secondary N) is 1. The lowest BCUT2D eigenvalue weighted by molar-refractivity contribution is 0.0611. The lowest BCUT2D eigenvalue weighted by Crippen LogP contribution is -2.42. The molecule has 2 saturated heterocycles. The van der Waals surface area contributed by atoms with Crippen molar-refractivity contribution in [2.45, 2.75) is 50.9 Å². The van der Waals surface area contributed by atoms with E-state index in [9.17, 15) is 4.39 Å². The van der Waals surface area contributed by atoms with Crippen LogP contribution in [0, 0.1) is 5.92 Å². The van der Waals surface area contributed by atoms with Crippen molar-refractivity contribution < 1.29 is 9.13 Å². The minimum Gasteiger partial charge on any atom is -0.381 e. The topological polar surface area (TPSA) is 50.3 Å². The molecule has 0 radical (unpaired) electrons. The number of hydrogen-bond donors (Lipinski definition) is 1. The molecule has 3 atom stereocenters. The van der Waals surface area contributed by atoms with E-state index in [1.807, 2.05) is 17.0 Å². The van der Waals surface area contributed by atoms with E-state index in [1.54, 1.807) is 6.20 Å². The lowest BCUT2D eigenvalue weighted by Gasteiger charge is -2.29. The highest BCUT2D eigenvalue weighted by atomic mass is 19.1. The second-order valence-corrected chi connectivity index (χ2v) is 6.82. The summed E-state index contributed by atoms with van der Waals surface area (Å²) >= 11 is 0. The maximum absolute atomic E-state index is 13.9. The summed E-state index contributed by atoms with van der Waals surface area (Å²) < 4.78 is 19.3. The first-order chi connectivity index (χ1) is 11.2. The third kappa shape index (κ3) is 4.61. The third-order valence-corrected chi connectivity index (χ3v) is 4.95. The Morgan fingerprint density at radius 3 is 3.00 bits per heavy atom. The Morgan fingerprint density at radius 1 is 1.43 bits per heavy atom. The number of ether oxygens (including phenoxy) is 1. The summed E-state index contributed by atoms with van der Waals surface area (Å²) in [5.74, 6) is 1.52. The molecule has 0 aliphatic carbocycles. The molecule has 5 nitrogen and oxygen atoms in total. The highest BCUT2D eigenvalue weighted by Crippen LogP contribution is 2.25. The molecule has 0 aromatic carbocycles. The SMILES string of the molecule is C[C@H](CC1CCOCC1)NC[C@@H]1C[C@H](F)CN1c1cccnn1. The van der Waals surface area contributed by atoms with Crippen LogP contribution in [-0.2, 0) is 4.74 Å². The smallest absolute Gasteiger partial charge is 0.151 e. The van der Waals surface area contributed by atoms with E-state index in [-0.39, 0.29) is 6.04 Å². The van der Waals surface area contributed by atoms with Gasteiger partial charge < -0.3 is 15.0 Å². The molecule has 2 fully saturated rings. The molecular formula is C17H27FN4O.